The second kappa shape index (κ2) is 6.78. The second-order valence-corrected chi connectivity index (χ2v) is 6.57. The van der Waals surface area contributed by atoms with Crippen LogP contribution in [0.4, 0.5) is 8.78 Å². The molecule has 5 N–H and O–H groups in total. The maximum absolute atomic E-state index is 12.8. The highest BCUT2D eigenvalue weighted by atomic mass is 19.3. The Kier molecular flexibility index (Phi) is 5.11. The number of carbonyl (C=O) groups is 2. The van der Waals surface area contributed by atoms with E-state index in [4.69, 9.17) is 10.9 Å². The van der Waals surface area contributed by atoms with Gasteiger partial charge in [-0.1, -0.05) is 11.8 Å². The first-order valence-electron chi connectivity index (χ1n) is 7.58. The van der Waals surface area contributed by atoms with Crippen molar-refractivity contribution in [2.24, 2.45) is 11.7 Å². The van der Waals surface area contributed by atoms with Crippen LogP contribution in [0.3, 0.4) is 0 Å². The quantitative estimate of drug-likeness (QED) is 0.369. The summed E-state index contributed by atoms with van der Waals surface area (Å²) in [5.41, 5.74) is 6.93. The van der Waals surface area contributed by atoms with Gasteiger partial charge in [-0.3, -0.25) is 14.8 Å². The highest BCUT2D eigenvalue weighted by Crippen LogP contribution is 2.47. The lowest BCUT2D eigenvalue weighted by atomic mass is 9.95. The molecule has 134 valence electrons. The Morgan fingerprint density at radius 3 is 2.36 bits per heavy atom. The molecule has 0 saturated heterocycles. The summed E-state index contributed by atoms with van der Waals surface area (Å²) in [4.78, 5) is 23.9. The van der Waals surface area contributed by atoms with Crippen molar-refractivity contribution in [3.8, 4) is 11.8 Å². The van der Waals surface area contributed by atoms with Crippen LogP contribution < -0.4 is 16.5 Å². The molecule has 6 nitrogen and oxygen atoms in total. The third-order valence-electron chi connectivity index (χ3n) is 3.76. The molecule has 2 atom stereocenters. The number of amides is 2. The summed E-state index contributed by atoms with van der Waals surface area (Å²) in [6.07, 6.45) is -0.219. The summed E-state index contributed by atoms with van der Waals surface area (Å²) >= 11 is 0. The summed E-state index contributed by atoms with van der Waals surface area (Å²) in [5, 5.41) is 11.2. The van der Waals surface area contributed by atoms with Crippen LogP contribution in [0.1, 0.15) is 36.2 Å². The van der Waals surface area contributed by atoms with E-state index in [1.54, 1.807) is 0 Å². The standard InChI is InChI=1S/C17H19F2N3O3/c1-16(2,20)13(15(24)22-25)21-14(23)11-6-3-10(4-7-11)5-8-12-9-17(12,18)19/h3-4,6-7,12-13,25H,9,20H2,1-2H3,(H,21,23)(H,22,24). The number of nitrogens with one attached hydrogen (secondary N) is 2. The first kappa shape index (κ1) is 18.8. The molecule has 1 aromatic rings. The Labute approximate surface area is 143 Å². The van der Waals surface area contributed by atoms with E-state index in [-0.39, 0.29) is 12.0 Å². The molecule has 0 heterocycles. The van der Waals surface area contributed by atoms with Gasteiger partial charge in [-0.25, -0.2) is 14.3 Å². The number of carbonyl (C=O) groups excluding carboxylic acids is 2. The number of hydrogen-bond acceptors (Lipinski definition) is 4. The smallest absolute Gasteiger partial charge is 0.267 e. The molecule has 2 rings (SSSR count). The summed E-state index contributed by atoms with van der Waals surface area (Å²) in [5.74, 6) is 0.129. The van der Waals surface area contributed by atoms with Crippen molar-refractivity contribution in [1.29, 1.82) is 0 Å². The minimum absolute atomic E-state index is 0.219. The zero-order valence-corrected chi connectivity index (χ0v) is 13.8. The van der Waals surface area contributed by atoms with Gasteiger partial charge in [0.1, 0.15) is 6.04 Å². The SMILES string of the molecule is CC(C)(N)C(NC(=O)c1ccc(C#CC2CC2(F)F)cc1)C(=O)NO. The highest BCUT2D eigenvalue weighted by molar-refractivity contribution is 5.97. The van der Waals surface area contributed by atoms with Gasteiger partial charge in [0.25, 0.3) is 17.7 Å². The monoisotopic (exact) mass is 351 g/mol. The molecule has 1 aromatic carbocycles. The molecule has 0 aromatic heterocycles. The topological polar surface area (TPSA) is 104 Å². The molecular weight excluding hydrogens is 332 g/mol. The van der Waals surface area contributed by atoms with Crippen molar-refractivity contribution < 1.29 is 23.6 Å². The van der Waals surface area contributed by atoms with Crippen LogP contribution >= 0.6 is 0 Å². The van der Waals surface area contributed by atoms with Crippen LogP contribution in [-0.2, 0) is 4.79 Å². The highest BCUT2D eigenvalue weighted by Gasteiger charge is 2.56. The lowest BCUT2D eigenvalue weighted by molar-refractivity contribution is -0.132. The van der Waals surface area contributed by atoms with Crippen molar-refractivity contribution in [2.75, 3.05) is 0 Å². The maximum atomic E-state index is 12.8. The summed E-state index contributed by atoms with van der Waals surface area (Å²) < 4.78 is 25.5. The van der Waals surface area contributed by atoms with E-state index in [2.05, 4.69) is 17.2 Å². The number of halogens is 2. The Morgan fingerprint density at radius 2 is 1.92 bits per heavy atom. The normalized spacial score (nSPS) is 19.2. The van der Waals surface area contributed by atoms with E-state index in [1.807, 2.05) is 0 Å². The van der Waals surface area contributed by atoms with Gasteiger partial charge in [0.05, 0.1) is 5.92 Å². The number of nitrogens with two attached hydrogens (primary N) is 1. The Morgan fingerprint density at radius 1 is 1.36 bits per heavy atom. The van der Waals surface area contributed by atoms with Crippen molar-refractivity contribution >= 4 is 11.8 Å². The van der Waals surface area contributed by atoms with Gasteiger partial charge >= 0.3 is 0 Å². The number of alkyl halides is 2. The molecule has 0 bridgehead atoms. The fourth-order valence-corrected chi connectivity index (χ4v) is 2.11. The van der Waals surface area contributed by atoms with Crippen LogP contribution in [-0.4, -0.2) is 34.5 Å². The first-order chi connectivity index (χ1) is 11.5. The fourth-order valence-electron chi connectivity index (χ4n) is 2.11. The third-order valence-corrected chi connectivity index (χ3v) is 3.76. The van der Waals surface area contributed by atoms with Gasteiger partial charge in [0, 0.05) is 23.1 Å². The number of rotatable bonds is 4. The molecule has 0 radical (unpaired) electrons. The summed E-state index contributed by atoms with van der Waals surface area (Å²) in [6, 6.07) is 4.82. The molecule has 2 amide bonds. The van der Waals surface area contributed by atoms with E-state index < -0.39 is 35.2 Å². The largest absolute Gasteiger partial charge is 0.338 e. The van der Waals surface area contributed by atoms with E-state index in [0.717, 1.165) is 0 Å². The molecule has 0 aliphatic heterocycles. The van der Waals surface area contributed by atoms with Gasteiger partial charge < -0.3 is 11.1 Å². The number of hydroxylamine groups is 1. The van der Waals surface area contributed by atoms with Gasteiger partial charge in [0.2, 0.25) is 0 Å². The van der Waals surface area contributed by atoms with Crippen LogP contribution in [0.5, 0.6) is 0 Å². The van der Waals surface area contributed by atoms with Gasteiger partial charge in [0.15, 0.2) is 0 Å². The Balaban J connectivity index is 2.06. The predicted octanol–water partition coefficient (Wildman–Crippen LogP) is 1.03. The van der Waals surface area contributed by atoms with Gasteiger partial charge in [-0.05, 0) is 38.1 Å². The van der Waals surface area contributed by atoms with E-state index in [9.17, 15) is 18.4 Å². The molecule has 2 unspecified atom stereocenters. The summed E-state index contributed by atoms with van der Waals surface area (Å²) in [7, 11) is 0. The number of hydrogen-bond donors (Lipinski definition) is 4. The maximum Gasteiger partial charge on any atom is 0.267 e. The minimum atomic E-state index is -2.69. The van der Waals surface area contributed by atoms with Crippen molar-refractivity contribution in [3.63, 3.8) is 0 Å². The summed E-state index contributed by atoms with van der Waals surface area (Å²) in [6.45, 7) is 3.05. The zero-order valence-electron chi connectivity index (χ0n) is 13.8. The van der Waals surface area contributed by atoms with E-state index >= 15 is 0 Å². The van der Waals surface area contributed by atoms with Gasteiger partial charge in [-0.15, -0.1) is 0 Å². The molecule has 1 aliphatic rings. The predicted molar refractivity (Wildman–Crippen MR) is 85.8 cm³/mol. The Hall–Kier alpha value is -2.50. The third kappa shape index (κ3) is 4.75. The average molecular weight is 351 g/mol. The van der Waals surface area contributed by atoms with E-state index in [1.165, 1.54) is 43.6 Å². The lowest BCUT2D eigenvalue weighted by Gasteiger charge is -2.29. The van der Waals surface area contributed by atoms with Crippen LogP contribution in [0.15, 0.2) is 24.3 Å². The minimum Gasteiger partial charge on any atom is -0.338 e. The van der Waals surface area contributed by atoms with Crippen LogP contribution in [0.25, 0.3) is 0 Å². The molecule has 1 fully saturated rings. The van der Waals surface area contributed by atoms with Crippen molar-refractivity contribution in [3.05, 3.63) is 35.4 Å². The van der Waals surface area contributed by atoms with E-state index in [0.29, 0.717) is 5.56 Å². The molecule has 8 heteroatoms. The van der Waals surface area contributed by atoms with Crippen molar-refractivity contribution in [1.82, 2.24) is 10.8 Å². The Bertz CT molecular complexity index is 730. The average Bonchev–Trinajstić information content (AvgIpc) is 3.16. The number of benzene rings is 1. The first-order valence-corrected chi connectivity index (χ1v) is 7.58. The second-order valence-electron chi connectivity index (χ2n) is 6.57. The van der Waals surface area contributed by atoms with Crippen molar-refractivity contribution in [2.45, 2.75) is 37.8 Å². The molecule has 25 heavy (non-hydrogen) atoms. The molecule has 1 aliphatic carbocycles. The zero-order chi connectivity index (χ0) is 18.8. The van der Waals surface area contributed by atoms with Crippen LogP contribution in [0, 0.1) is 17.8 Å². The molecular formula is C17H19F2N3O3. The lowest BCUT2D eigenvalue weighted by Crippen LogP contribution is -2.61. The fraction of sp³-hybridized carbons (Fsp3) is 0.412. The molecule has 0 spiro atoms. The van der Waals surface area contributed by atoms with Crippen LogP contribution in [0.2, 0.25) is 0 Å². The van der Waals surface area contributed by atoms with Gasteiger partial charge in [-0.2, -0.15) is 0 Å². The molecule has 1 saturated carbocycles.